The Kier molecular flexibility index (Phi) is 3.44. The second kappa shape index (κ2) is 4.18. The van der Waals surface area contributed by atoms with Gasteiger partial charge >= 0.3 is 5.97 Å². The standard InChI is InChI=1S/C10H17NO4S/c1-8(2)6-16(14,15)11-5-4-10(3,7-11)9(12)13/h1,4-7H2,2-3H3,(H,12,13). The van der Waals surface area contributed by atoms with E-state index in [2.05, 4.69) is 6.58 Å². The lowest BCUT2D eigenvalue weighted by molar-refractivity contribution is -0.146. The van der Waals surface area contributed by atoms with Crippen molar-refractivity contribution in [1.82, 2.24) is 4.31 Å². The second-order valence-electron chi connectivity index (χ2n) is 4.66. The molecule has 1 atom stereocenters. The lowest BCUT2D eigenvalue weighted by atomic mass is 9.90. The number of rotatable bonds is 4. The average molecular weight is 247 g/mol. The largest absolute Gasteiger partial charge is 0.481 e. The van der Waals surface area contributed by atoms with Crippen LogP contribution in [0.15, 0.2) is 12.2 Å². The zero-order chi connectivity index (χ0) is 12.6. The molecule has 0 bridgehead atoms. The highest BCUT2D eigenvalue weighted by molar-refractivity contribution is 7.89. The molecular formula is C10H17NO4S. The van der Waals surface area contributed by atoms with E-state index in [1.54, 1.807) is 13.8 Å². The zero-order valence-electron chi connectivity index (χ0n) is 9.56. The van der Waals surface area contributed by atoms with Crippen LogP contribution in [-0.2, 0) is 14.8 Å². The first-order valence-electron chi connectivity index (χ1n) is 5.03. The molecule has 1 unspecified atom stereocenters. The van der Waals surface area contributed by atoms with Gasteiger partial charge in [-0.15, -0.1) is 0 Å². The van der Waals surface area contributed by atoms with Crippen LogP contribution in [0.25, 0.3) is 0 Å². The Balaban J connectivity index is 2.81. The Hall–Kier alpha value is -0.880. The van der Waals surface area contributed by atoms with Crippen LogP contribution in [0.3, 0.4) is 0 Å². The number of carbonyl (C=O) groups is 1. The lowest BCUT2D eigenvalue weighted by Gasteiger charge is -2.19. The molecule has 0 aromatic heterocycles. The van der Waals surface area contributed by atoms with Gasteiger partial charge in [-0.2, -0.15) is 0 Å². The summed E-state index contributed by atoms with van der Waals surface area (Å²) < 4.78 is 24.9. The minimum atomic E-state index is -3.39. The molecule has 1 aliphatic rings. The van der Waals surface area contributed by atoms with Crippen LogP contribution in [0.1, 0.15) is 20.3 Å². The SMILES string of the molecule is C=C(C)CS(=O)(=O)N1CCC(C)(C(=O)O)C1. The van der Waals surface area contributed by atoms with Crippen LogP contribution in [0, 0.1) is 5.41 Å². The van der Waals surface area contributed by atoms with Crippen molar-refractivity contribution in [2.45, 2.75) is 20.3 Å². The van der Waals surface area contributed by atoms with Gasteiger partial charge in [0.05, 0.1) is 11.2 Å². The van der Waals surface area contributed by atoms with Crippen LogP contribution in [0.4, 0.5) is 0 Å². The smallest absolute Gasteiger partial charge is 0.310 e. The summed E-state index contributed by atoms with van der Waals surface area (Å²) in [7, 11) is -3.39. The first kappa shape index (κ1) is 13.2. The fourth-order valence-corrected chi connectivity index (χ4v) is 3.39. The number of hydrogen-bond acceptors (Lipinski definition) is 3. The maximum Gasteiger partial charge on any atom is 0.310 e. The Morgan fingerprint density at radius 3 is 2.50 bits per heavy atom. The van der Waals surface area contributed by atoms with E-state index in [-0.39, 0.29) is 18.8 Å². The Labute approximate surface area is 95.8 Å². The first-order valence-corrected chi connectivity index (χ1v) is 6.64. The summed E-state index contributed by atoms with van der Waals surface area (Å²) >= 11 is 0. The molecule has 0 amide bonds. The van der Waals surface area contributed by atoms with Gasteiger partial charge < -0.3 is 5.11 Å². The average Bonchev–Trinajstić information content (AvgIpc) is 2.47. The van der Waals surface area contributed by atoms with Crippen LogP contribution in [-0.4, -0.2) is 42.6 Å². The molecule has 1 aliphatic heterocycles. The molecule has 1 saturated heterocycles. The van der Waals surface area contributed by atoms with E-state index in [0.29, 0.717) is 12.0 Å². The second-order valence-corrected chi connectivity index (χ2v) is 6.63. The summed E-state index contributed by atoms with van der Waals surface area (Å²) in [4.78, 5) is 11.0. The molecule has 0 aliphatic carbocycles. The molecular weight excluding hydrogens is 230 g/mol. The van der Waals surface area contributed by atoms with E-state index in [1.807, 2.05) is 0 Å². The Morgan fingerprint density at radius 2 is 2.12 bits per heavy atom. The fraction of sp³-hybridized carbons (Fsp3) is 0.700. The van der Waals surface area contributed by atoms with Crippen molar-refractivity contribution in [2.24, 2.45) is 5.41 Å². The number of sulfonamides is 1. The molecule has 1 N–H and O–H groups in total. The van der Waals surface area contributed by atoms with Crippen LogP contribution in [0.5, 0.6) is 0 Å². The van der Waals surface area contributed by atoms with Crippen LogP contribution < -0.4 is 0 Å². The number of carboxylic acid groups (broad SMARTS) is 1. The van der Waals surface area contributed by atoms with Crippen molar-refractivity contribution in [1.29, 1.82) is 0 Å². The predicted octanol–water partition coefficient (Wildman–Crippen LogP) is 0.689. The van der Waals surface area contributed by atoms with Gasteiger partial charge in [0.15, 0.2) is 0 Å². The summed E-state index contributed by atoms with van der Waals surface area (Å²) in [5, 5.41) is 9.00. The third-order valence-corrected chi connectivity index (χ3v) is 4.73. The fourth-order valence-electron chi connectivity index (χ4n) is 1.73. The quantitative estimate of drug-likeness (QED) is 0.742. The summed E-state index contributed by atoms with van der Waals surface area (Å²) in [5.41, 5.74) is -0.397. The maximum absolute atomic E-state index is 11.8. The third kappa shape index (κ3) is 2.62. The first-order chi connectivity index (χ1) is 7.17. The van der Waals surface area contributed by atoms with Gasteiger partial charge in [0.2, 0.25) is 10.0 Å². The molecule has 0 spiro atoms. The summed E-state index contributed by atoms with van der Waals surface area (Å²) in [5.74, 6) is -1.05. The highest BCUT2D eigenvalue weighted by Gasteiger charge is 2.44. The van der Waals surface area contributed by atoms with Gasteiger partial charge in [-0.25, -0.2) is 12.7 Å². The molecule has 5 nitrogen and oxygen atoms in total. The highest BCUT2D eigenvalue weighted by Crippen LogP contribution is 2.32. The zero-order valence-corrected chi connectivity index (χ0v) is 10.4. The molecule has 0 aromatic rings. The predicted molar refractivity (Wildman–Crippen MR) is 60.5 cm³/mol. The van der Waals surface area contributed by atoms with E-state index in [9.17, 15) is 13.2 Å². The summed E-state index contributed by atoms with van der Waals surface area (Å²) in [6.07, 6.45) is 0.359. The molecule has 1 fully saturated rings. The van der Waals surface area contributed by atoms with Crippen molar-refractivity contribution in [3.8, 4) is 0 Å². The van der Waals surface area contributed by atoms with Gasteiger partial charge in [0.25, 0.3) is 0 Å². The van der Waals surface area contributed by atoms with E-state index in [0.717, 1.165) is 0 Å². The highest BCUT2D eigenvalue weighted by atomic mass is 32.2. The molecule has 0 aromatic carbocycles. The topological polar surface area (TPSA) is 74.7 Å². The van der Waals surface area contributed by atoms with Gasteiger partial charge in [-0.3, -0.25) is 4.79 Å². The molecule has 0 saturated carbocycles. The van der Waals surface area contributed by atoms with Crippen molar-refractivity contribution in [3.05, 3.63) is 12.2 Å². The number of carboxylic acids is 1. The Morgan fingerprint density at radius 1 is 1.56 bits per heavy atom. The van der Waals surface area contributed by atoms with Crippen LogP contribution >= 0.6 is 0 Å². The number of nitrogens with zero attached hydrogens (tertiary/aromatic N) is 1. The minimum Gasteiger partial charge on any atom is -0.481 e. The molecule has 1 heterocycles. The monoisotopic (exact) mass is 247 g/mol. The van der Waals surface area contributed by atoms with Crippen molar-refractivity contribution < 1.29 is 18.3 Å². The van der Waals surface area contributed by atoms with Gasteiger partial charge in [0, 0.05) is 13.1 Å². The summed E-state index contributed by atoms with van der Waals surface area (Å²) in [6.45, 7) is 7.11. The van der Waals surface area contributed by atoms with Crippen molar-refractivity contribution >= 4 is 16.0 Å². The molecule has 92 valence electrons. The molecule has 0 radical (unpaired) electrons. The molecule has 1 rings (SSSR count). The molecule has 6 heteroatoms. The molecule has 16 heavy (non-hydrogen) atoms. The van der Waals surface area contributed by atoms with Gasteiger partial charge in [-0.1, -0.05) is 12.2 Å². The normalized spacial score (nSPS) is 26.9. The van der Waals surface area contributed by atoms with E-state index < -0.39 is 21.4 Å². The third-order valence-electron chi connectivity index (χ3n) is 2.78. The number of hydrogen-bond donors (Lipinski definition) is 1. The number of aliphatic carboxylic acids is 1. The van der Waals surface area contributed by atoms with E-state index in [1.165, 1.54) is 4.31 Å². The maximum atomic E-state index is 11.8. The van der Waals surface area contributed by atoms with E-state index in [4.69, 9.17) is 5.11 Å². The van der Waals surface area contributed by atoms with Gasteiger partial charge in [0.1, 0.15) is 0 Å². The Bertz CT molecular complexity index is 415. The van der Waals surface area contributed by atoms with Gasteiger partial charge in [-0.05, 0) is 20.3 Å². The minimum absolute atomic E-state index is 0.0535. The lowest BCUT2D eigenvalue weighted by Crippen LogP contribution is -2.36. The van der Waals surface area contributed by atoms with Crippen LogP contribution in [0.2, 0.25) is 0 Å². The van der Waals surface area contributed by atoms with Crippen molar-refractivity contribution in [2.75, 3.05) is 18.8 Å². The van der Waals surface area contributed by atoms with E-state index >= 15 is 0 Å². The van der Waals surface area contributed by atoms with Crippen molar-refractivity contribution in [3.63, 3.8) is 0 Å². The summed E-state index contributed by atoms with van der Waals surface area (Å²) in [6, 6.07) is 0.